The maximum absolute atomic E-state index is 12.3. The number of nitrogens with zero attached hydrogens (tertiary/aromatic N) is 3. The molecule has 1 amide bonds. The molecule has 1 saturated heterocycles. The molecule has 1 fully saturated rings. The van der Waals surface area contributed by atoms with E-state index in [9.17, 15) is 4.79 Å². The number of ether oxygens (including phenoxy) is 1. The summed E-state index contributed by atoms with van der Waals surface area (Å²) in [6, 6.07) is -0.415. The van der Waals surface area contributed by atoms with Gasteiger partial charge in [0.2, 0.25) is 11.9 Å². The lowest BCUT2D eigenvalue weighted by molar-refractivity contribution is -0.124. The Kier molecular flexibility index (Phi) is 5.71. The molecular weight excluding hydrogens is 340 g/mol. The zero-order chi connectivity index (χ0) is 15.2. The van der Waals surface area contributed by atoms with Crippen molar-refractivity contribution in [2.45, 2.75) is 19.4 Å². The molecule has 1 aromatic heterocycles. The minimum absolute atomic E-state index is 0.0654. The number of nitrogens with two attached hydrogens (primary N) is 1. The van der Waals surface area contributed by atoms with Gasteiger partial charge in [0.15, 0.2) is 0 Å². The molecule has 9 heteroatoms. The minimum Gasteiger partial charge on any atom is -0.377 e. The lowest BCUT2D eigenvalue weighted by atomic mass is 10.2. The topological polar surface area (TPSA) is 105 Å². The monoisotopic (exact) mass is 358 g/mol. The maximum Gasteiger partial charge on any atom is 0.245 e. The van der Waals surface area contributed by atoms with Gasteiger partial charge in [0, 0.05) is 19.3 Å². The molecule has 0 aromatic carbocycles. The molecule has 1 unspecified atom stereocenters. The average Bonchev–Trinajstić information content (AvgIpc) is 2.53. The van der Waals surface area contributed by atoms with Gasteiger partial charge in [-0.1, -0.05) is 6.92 Å². The fraction of sp³-hybridized carbons (Fsp3) is 0.583. The van der Waals surface area contributed by atoms with Crippen LogP contribution in [0.5, 0.6) is 0 Å². The van der Waals surface area contributed by atoms with Crippen LogP contribution in [0.3, 0.4) is 0 Å². The van der Waals surface area contributed by atoms with Crippen molar-refractivity contribution >= 4 is 33.6 Å². The van der Waals surface area contributed by atoms with Crippen LogP contribution in [0.4, 0.5) is 11.8 Å². The molecule has 8 nitrogen and oxygen atoms in total. The summed E-state index contributed by atoms with van der Waals surface area (Å²) in [6.07, 6.45) is 2.49. The van der Waals surface area contributed by atoms with E-state index in [1.165, 1.54) is 0 Å². The van der Waals surface area contributed by atoms with E-state index in [2.05, 4.69) is 36.6 Å². The Labute approximate surface area is 131 Å². The molecule has 2 rings (SSSR count). The number of carbonyl (C=O) groups is 1. The summed E-state index contributed by atoms with van der Waals surface area (Å²) in [4.78, 5) is 22.5. The Bertz CT molecular complexity index is 501. The highest BCUT2D eigenvalue weighted by Gasteiger charge is 2.31. The first-order valence-corrected chi connectivity index (χ1v) is 7.58. The predicted octanol–water partition coefficient (Wildman–Crippen LogP) is 0.256. The summed E-state index contributed by atoms with van der Waals surface area (Å²) in [7, 11) is 0. The van der Waals surface area contributed by atoms with Gasteiger partial charge < -0.3 is 15.0 Å². The molecule has 4 N–H and O–H groups in total. The van der Waals surface area contributed by atoms with Gasteiger partial charge in [-0.15, -0.1) is 0 Å². The van der Waals surface area contributed by atoms with Crippen molar-refractivity contribution in [3.63, 3.8) is 0 Å². The Morgan fingerprint density at radius 1 is 1.67 bits per heavy atom. The molecule has 1 aromatic rings. The Hall–Kier alpha value is -1.45. The lowest BCUT2D eigenvalue weighted by Gasteiger charge is -2.35. The summed E-state index contributed by atoms with van der Waals surface area (Å²) >= 11 is 3.42. The van der Waals surface area contributed by atoms with Crippen molar-refractivity contribution in [2.75, 3.05) is 36.6 Å². The Morgan fingerprint density at radius 3 is 3.19 bits per heavy atom. The van der Waals surface area contributed by atoms with Crippen LogP contribution < -0.4 is 21.5 Å². The van der Waals surface area contributed by atoms with E-state index in [1.54, 1.807) is 6.20 Å². The second-order valence-electron chi connectivity index (χ2n) is 4.58. The van der Waals surface area contributed by atoms with Gasteiger partial charge in [-0.2, -0.15) is 4.98 Å². The van der Waals surface area contributed by atoms with E-state index < -0.39 is 6.04 Å². The van der Waals surface area contributed by atoms with E-state index in [4.69, 9.17) is 10.6 Å². The molecule has 0 saturated carbocycles. The molecule has 0 bridgehead atoms. The number of amides is 1. The van der Waals surface area contributed by atoms with Gasteiger partial charge in [-0.25, -0.2) is 10.8 Å². The first-order chi connectivity index (χ1) is 10.2. The van der Waals surface area contributed by atoms with Crippen LogP contribution in [0.1, 0.15) is 13.3 Å². The number of rotatable bonds is 5. The summed E-state index contributed by atoms with van der Waals surface area (Å²) in [5.41, 5.74) is 2.41. The van der Waals surface area contributed by atoms with Crippen molar-refractivity contribution < 1.29 is 9.53 Å². The molecule has 21 heavy (non-hydrogen) atoms. The number of aromatic nitrogens is 2. The number of nitrogen functional groups attached to an aromatic ring is 1. The Balaban J connectivity index is 2.23. The number of anilines is 2. The highest BCUT2D eigenvalue weighted by Crippen LogP contribution is 2.27. The fourth-order valence-corrected chi connectivity index (χ4v) is 2.49. The average molecular weight is 359 g/mol. The zero-order valence-corrected chi connectivity index (χ0v) is 13.4. The van der Waals surface area contributed by atoms with Crippen molar-refractivity contribution in [2.24, 2.45) is 5.84 Å². The second-order valence-corrected chi connectivity index (χ2v) is 5.44. The van der Waals surface area contributed by atoms with Gasteiger partial charge in [0.1, 0.15) is 11.9 Å². The maximum atomic E-state index is 12.3. The standard InChI is InChI=1S/C12H19BrN6O2/c1-2-3-15-11(20)9-7-21-5-4-19(9)10-8(13)6-16-12(17-10)18-14/h6,9H,2-5,7,14H2,1H3,(H,15,20)(H,16,17,18). The fourth-order valence-electron chi connectivity index (χ4n) is 2.07. The molecular formula is C12H19BrN6O2. The number of halogens is 1. The van der Waals surface area contributed by atoms with Crippen LogP contribution in [0.25, 0.3) is 0 Å². The van der Waals surface area contributed by atoms with Gasteiger partial charge in [-0.3, -0.25) is 10.2 Å². The second kappa shape index (κ2) is 7.53. The van der Waals surface area contributed by atoms with Gasteiger partial charge in [-0.05, 0) is 22.4 Å². The van der Waals surface area contributed by atoms with E-state index in [1.807, 2.05) is 11.8 Å². The molecule has 116 valence electrons. The summed E-state index contributed by atoms with van der Waals surface area (Å²) in [5.74, 6) is 6.20. The molecule has 2 heterocycles. The van der Waals surface area contributed by atoms with E-state index in [-0.39, 0.29) is 5.91 Å². The minimum atomic E-state index is -0.415. The first-order valence-electron chi connectivity index (χ1n) is 6.78. The van der Waals surface area contributed by atoms with Gasteiger partial charge in [0.25, 0.3) is 0 Å². The summed E-state index contributed by atoms with van der Waals surface area (Å²) in [6.45, 7) is 4.10. The third-order valence-corrected chi connectivity index (χ3v) is 3.67. The highest BCUT2D eigenvalue weighted by atomic mass is 79.9. The molecule has 1 aliphatic heterocycles. The predicted molar refractivity (Wildman–Crippen MR) is 82.8 cm³/mol. The van der Waals surface area contributed by atoms with E-state index in [0.29, 0.717) is 42.5 Å². The number of hydrazine groups is 1. The lowest BCUT2D eigenvalue weighted by Crippen LogP contribution is -2.54. The number of nitrogens with one attached hydrogen (secondary N) is 2. The van der Waals surface area contributed by atoms with Gasteiger partial charge >= 0.3 is 0 Å². The van der Waals surface area contributed by atoms with Crippen molar-refractivity contribution in [1.82, 2.24) is 15.3 Å². The summed E-state index contributed by atoms with van der Waals surface area (Å²) < 4.78 is 6.14. The molecule has 1 aliphatic rings. The van der Waals surface area contributed by atoms with Crippen LogP contribution in [0.2, 0.25) is 0 Å². The third kappa shape index (κ3) is 3.80. The normalized spacial score (nSPS) is 18.4. The Morgan fingerprint density at radius 2 is 2.48 bits per heavy atom. The number of morpholine rings is 1. The van der Waals surface area contributed by atoms with E-state index >= 15 is 0 Å². The molecule has 0 spiro atoms. The van der Waals surface area contributed by atoms with Gasteiger partial charge in [0.05, 0.1) is 17.7 Å². The quantitative estimate of drug-likeness (QED) is 0.511. The van der Waals surface area contributed by atoms with Crippen LogP contribution in [-0.2, 0) is 9.53 Å². The van der Waals surface area contributed by atoms with Crippen LogP contribution in [0, 0.1) is 0 Å². The number of carbonyl (C=O) groups excluding carboxylic acids is 1. The van der Waals surface area contributed by atoms with Crippen LogP contribution >= 0.6 is 15.9 Å². The molecule has 1 atom stereocenters. The van der Waals surface area contributed by atoms with Crippen molar-refractivity contribution in [3.8, 4) is 0 Å². The third-order valence-electron chi connectivity index (χ3n) is 3.11. The smallest absolute Gasteiger partial charge is 0.245 e. The van der Waals surface area contributed by atoms with Crippen LogP contribution in [0.15, 0.2) is 10.7 Å². The zero-order valence-electron chi connectivity index (χ0n) is 11.8. The first kappa shape index (κ1) is 15.9. The SMILES string of the molecule is CCCNC(=O)C1COCCN1c1nc(NN)ncc1Br. The highest BCUT2D eigenvalue weighted by molar-refractivity contribution is 9.10. The van der Waals surface area contributed by atoms with Crippen molar-refractivity contribution in [3.05, 3.63) is 10.7 Å². The number of hydrogen-bond donors (Lipinski definition) is 3. The molecule has 0 radical (unpaired) electrons. The number of hydrogen-bond acceptors (Lipinski definition) is 7. The molecule has 0 aliphatic carbocycles. The van der Waals surface area contributed by atoms with Crippen LogP contribution in [-0.4, -0.2) is 48.2 Å². The van der Waals surface area contributed by atoms with E-state index in [0.717, 1.165) is 6.42 Å². The summed E-state index contributed by atoms with van der Waals surface area (Å²) in [5, 5.41) is 2.89. The van der Waals surface area contributed by atoms with Crippen molar-refractivity contribution in [1.29, 1.82) is 0 Å². The largest absolute Gasteiger partial charge is 0.377 e.